The van der Waals surface area contributed by atoms with E-state index in [0.717, 1.165) is 0 Å². The molecule has 0 radical (unpaired) electrons. The van der Waals surface area contributed by atoms with Crippen LogP contribution in [0.25, 0.3) is 0 Å². The van der Waals surface area contributed by atoms with Gasteiger partial charge < -0.3 is 20.7 Å². The van der Waals surface area contributed by atoms with Crippen LogP contribution >= 0.6 is 0 Å². The van der Waals surface area contributed by atoms with Gasteiger partial charge in [0.25, 0.3) is 0 Å². The van der Waals surface area contributed by atoms with Crippen LogP contribution in [0.1, 0.15) is 27.7 Å². The minimum atomic E-state index is -0.490. The summed E-state index contributed by atoms with van der Waals surface area (Å²) >= 11 is 0. The second kappa shape index (κ2) is 6.93. The third kappa shape index (κ3) is 5.29. The quantitative estimate of drug-likeness (QED) is 0.853. The molecule has 7 heteroatoms. The number of hydrogen-bond donors (Lipinski definition) is 2. The van der Waals surface area contributed by atoms with Gasteiger partial charge in [0.05, 0.1) is 11.9 Å². The number of hydrogen-bond acceptors (Lipinski definition) is 6. The monoisotopic (exact) mass is 281 g/mol. The Bertz CT molecular complexity index is 445. The number of ether oxygens (including phenoxy) is 1. The Morgan fingerprint density at radius 2 is 2.20 bits per heavy atom. The van der Waals surface area contributed by atoms with Crippen LogP contribution in [-0.4, -0.2) is 46.2 Å². The summed E-state index contributed by atoms with van der Waals surface area (Å²) in [7, 11) is 0. The average molecular weight is 281 g/mol. The molecule has 1 aromatic heterocycles. The number of nitrogen functional groups attached to an aromatic ring is 1. The molecule has 0 aliphatic carbocycles. The first-order valence-corrected chi connectivity index (χ1v) is 6.60. The molecule has 0 saturated heterocycles. The fourth-order valence-electron chi connectivity index (χ4n) is 1.51. The summed E-state index contributed by atoms with van der Waals surface area (Å²) in [5.41, 5.74) is 5.86. The molecule has 0 bridgehead atoms. The van der Waals surface area contributed by atoms with Crippen molar-refractivity contribution in [2.75, 3.05) is 30.7 Å². The Kier molecular flexibility index (Phi) is 5.54. The lowest BCUT2D eigenvalue weighted by molar-refractivity contribution is 0.0267. The molecule has 0 aliphatic rings. The molecule has 0 aromatic carbocycles. The van der Waals surface area contributed by atoms with Crippen molar-refractivity contribution in [2.45, 2.75) is 33.3 Å². The van der Waals surface area contributed by atoms with Gasteiger partial charge >= 0.3 is 6.09 Å². The zero-order chi connectivity index (χ0) is 15.2. The third-order valence-electron chi connectivity index (χ3n) is 2.47. The third-order valence-corrected chi connectivity index (χ3v) is 2.47. The van der Waals surface area contributed by atoms with Crippen LogP contribution in [0.15, 0.2) is 12.5 Å². The second-order valence-electron chi connectivity index (χ2n) is 5.31. The Hall–Kier alpha value is -2.05. The summed E-state index contributed by atoms with van der Waals surface area (Å²) < 4.78 is 5.33. The molecule has 112 valence electrons. The van der Waals surface area contributed by atoms with Crippen molar-refractivity contribution in [3.63, 3.8) is 0 Å². The van der Waals surface area contributed by atoms with Gasteiger partial charge in [-0.15, -0.1) is 0 Å². The van der Waals surface area contributed by atoms with Gasteiger partial charge in [0.15, 0.2) is 0 Å². The Balaban J connectivity index is 2.46. The van der Waals surface area contributed by atoms with Crippen LogP contribution < -0.4 is 11.1 Å². The maximum Gasteiger partial charge on any atom is 0.410 e. The highest BCUT2D eigenvalue weighted by Crippen LogP contribution is 2.12. The van der Waals surface area contributed by atoms with Gasteiger partial charge in [-0.05, 0) is 27.7 Å². The van der Waals surface area contributed by atoms with E-state index in [2.05, 4.69) is 15.3 Å². The minimum Gasteiger partial charge on any atom is -0.444 e. The van der Waals surface area contributed by atoms with Gasteiger partial charge in [0.1, 0.15) is 17.7 Å². The van der Waals surface area contributed by atoms with E-state index in [1.54, 1.807) is 11.1 Å². The average Bonchev–Trinajstić information content (AvgIpc) is 2.34. The highest BCUT2D eigenvalue weighted by Gasteiger charge is 2.20. The van der Waals surface area contributed by atoms with Gasteiger partial charge in [-0.1, -0.05) is 0 Å². The standard InChI is InChI=1S/C13H23N5O2/c1-5-18(12(19)20-13(2,3)4)7-6-16-10-8-15-9-17-11(10)14/h8-9,16H,5-7H2,1-4H3,(H2,14,15,17). The lowest BCUT2D eigenvalue weighted by Crippen LogP contribution is -2.39. The first-order valence-electron chi connectivity index (χ1n) is 6.60. The summed E-state index contributed by atoms with van der Waals surface area (Å²) in [5, 5.41) is 3.10. The molecule has 0 saturated carbocycles. The number of nitrogens with one attached hydrogen (secondary N) is 1. The number of nitrogens with two attached hydrogens (primary N) is 1. The first-order chi connectivity index (χ1) is 9.33. The molecule has 0 spiro atoms. The number of carbonyl (C=O) groups excluding carboxylic acids is 1. The van der Waals surface area contributed by atoms with Crippen LogP contribution in [0, 0.1) is 0 Å². The topological polar surface area (TPSA) is 93.4 Å². The summed E-state index contributed by atoms with van der Waals surface area (Å²) in [6.07, 6.45) is 2.67. The van der Waals surface area contributed by atoms with Gasteiger partial charge in [0.2, 0.25) is 0 Å². The maximum atomic E-state index is 11.9. The van der Waals surface area contributed by atoms with Crippen molar-refractivity contribution in [1.82, 2.24) is 14.9 Å². The molecule has 0 fully saturated rings. The van der Waals surface area contributed by atoms with Crippen molar-refractivity contribution in [1.29, 1.82) is 0 Å². The van der Waals surface area contributed by atoms with E-state index < -0.39 is 5.60 Å². The van der Waals surface area contributed by atoms with Crippen LogP contribution in [0.5, 0.6) is 0 Å². The van der Waals surface area contributed by atoms with E-state index in [1.165, 1.54) is 6.33 Å². The SMILES string of the molecule is CCN(CCNc1cncnc1N)C(=O)OC(C)(C)C. The van der Waals surface area contributed by atoms with Crippen molar-refractivity contribution in [3.8, 4) is 0 Å². The zero-order valence-corrected chi connectivity index (χ0v) is 12.5. The second-order valence-corrected chi connectivity index (χ2v) is 5.31. The van der Waals surface area contributed by atoms with Crippen molar-refractivity contribution < 1.29 is 9.53 Å². The van der Waals surface area contributed by atoms with Crippen molar-refractivity contribution in [3.05, 3.63) is 12.5 Å². The molecule has 1 rings (SSSR count). The smallest absolute Gasteiger partial charge is 0.410 e. The number of rotatable bonds is 5. The zero-order valence-electron chi connectivity index (χ0n) is 12.5. The molecule has 1 heterocycles. The van der Waals surface area contributed by atoms with E-state index in [4.69, 9.17) is 10.5 Å². The van der Waals surface area contributed by atoms with Crippen molar-refractivity contribution >= 4 is 17.6 Å². The molecule has 1 aromatic rings. The molecule has 3 N–H and O–H groups in total. The molecule has 7 nitrogen and oxygen atoms in total. The number of carbonyl (C=O) groups is 1. The number of likely N-dealkylation sites (N-methyl/N-ethyl adjacent to an activating group) is 1. The Morgan fingerprint density at radius 3 is 2.75 bits per heavy atom. The highest BCUT2D eigenvalue weighted by atomic mass is 16.6. The predicted molar refractivity (Wildman–Crippen MR) is 78.4 cm³/mol. The molecule has 20 heavy (non-hydrogen) atoms. The summed E-state index contributed by atoms with van der Waals surface area (Å²) in [5.74, 6) is 0.389. The number of anilines is 2. The lowest BCUT2D eigenvalue weighted by Gasteiger charge is -2.26. The highest BCUT2D eigenvalue weighted by molar-refractivity contribution is 5.68. The van der Waals surface area contributed by atoms with Crippen LogP contribution in [0.3, 0.4) is 0 Å². The van der Waals surface area contributed by atoms with E-state index in [0.29, 0.717) is 31.1 Å². The minimum absolute atomic E-state index is 0.320. The molecule has 0 unspecified atom stereocenters. The fraction of sp³-hybridized carbons (Fsp3) is 0.615. The fourth-order valence-corrected chi connectivity index (χ4v) is 1.51. The van der Waals surface area contributed by atoms with Gasteiger partial charge in [-0.3, -0.25) is 0 Å². The molecular weight excluding hydrogens is 258 g/mol. The van der Waals surface area contributed by atoms with Crippen LogP contribution in [0.4, 0.5) is 16.3 Å². The van der Waals surface area contributed by atoms with E-state index in [-0.39, 0.29) is 6.09 Å². The summed E-state index contributed by atoms with van der Waals surface area (Å²) in [6, 6.07) is 0. The van der Waals surface area contributed by atoms with Crippen LogP contribution in [-0.2, 0) is 4.74 Å². The van der Waals surface area contributed by atoms with E-state index in [1.807, 2.05) is 27.7 Å². The van der Waals surface area contributed by atoms with Gasteiger partial charge in [0, 0.05) is 19.6 Å². The number of amides is 1. The Morgan fingerprint density at radius 1 is 1.50 bits per heavy atom. The number of nitrogens with zero attached hydrogens (tertiary/aromatic N) is 3. The van der Waals surface area contributed by atoms with E-state index in [9.17, 15) is 4.79 Å². The molecule has 1 amide bonds. The summed E-state index contributed by atoms with van der Waals surface area (Å²) in [6.45, 7) is 9.09. The van der Waals surface area contributed by atoms with Crippen LogP contribution in [0.2, 0.25) is 0 Å². The predicted octanol–water partition coefficient (Wildman–Crippen LogP) is 1.73. The molecule has 0 aliphatic heterocycles. The largest absolute Gasteiger partial charge is 0.444 e. The lowest BCUT2D eigenvalue weighted by atomic mass is 10.2. The maximum absolute atomic E-state index is 11.9. The van der Waals surface area contributed by atoms with Crippen molar-refractivity contribution in [2.24, 2.45) is 0 Å². The first kappa shape index (κ1) is 16.0. The molecular formula is C13H23N5O2. The Labute approximate surface area is 119 Å². The number of aromatic nitrogens is 2. The molecule has 0 atom stereocenters. The normalized spacial score (nSPS) is 11.0. The summed E-state index contributed by atoms with van der Waals surface area (Å²) in [4.78, 5) is 21.3. The van der Waals surface area contributed by atoms with Gasteiger partial charge in [-0.2, -0.15) is 0 Å². The van der Waals surface area contributed by atoms with E-state index >= 15 is 0 Å². The van der Waals surface area contributed by atoms with Gasteiger partial charge in [-0.25, -0.2) is 14.8 Å².